The third kappa shape index (κ3) is 4.60. The van der Waals surface area contributed by atoms with Gasteiger partial charge in [-0.15, -0.1) is 0 Å². The number of ether oxygens (including phenoxy) is 3. The molecule has 0 bridgehead atoms. The molecule has 0 heterocycles. The summed E-state index contributed by atoms with van der Waals surface area (Å²) < 4.78 is 41.2. The van der Waals surface area contributed by atoms with Crippen LogP contribution in [0.25, 0.3) is 0 Å². The first-order chi connectivity index (χ1) is 12.3. The van der Waals surface area contributed by atoms with Crippen molar-refractivity contribution in [1.82, 2.24) is 0 Å². The highest BCUT2D eigenvalue weighted by Crippen LogP contribution is 2.35. The smallest absolute Gasteiger partial charge is 0.341 e. The average molecular weight is 386 g/mol. The number of carbonyl (C=O) groups is 2. The summed E-state index contributed by atoms with van der Waals surface area (Å²) in [6, 6.07) is 5.25. The van der Waals surface area contributed by atoms with Gasteiger partial charge in [-0.05, 0) is 18.2 Å². The number of carbonyl (C=O) groups excluding carboxylic acids is 2. The first-order valence-corrected chi connectivity index (χ1v) is 7.57. The molecule has 0 aliphatic rings. The van der Waals surface area contributed by atoms with E-state index in [1.165, 1.54) is 26.4 Å². The lowest BCUT2D eigenvalue weighted by molar-refractivity contribution is -0.119. The quantitative estimate of drug-likeness (QED) is 0.771. The molecule has 6 nitrogen and oxygen atoms in total. The van der Waals surface area contributed by atoms with Crippen molar-refractivity contribution in [3.63, 3.8) is 0 Å². The van der Waals surface area contributed by atoms with Crippen molar-refractivity contribution in [3.8, 4) is 11.5 Å². The Kier molecular flexibility index (Phi) is 6.35. The van der Waals surface area contributed by atoms with Crippen LogP contribution in [0.3, 0.4) is 0 Å². The summed E-state index contributed by atoms with van der Waals surface area (Å²) in [5, 5.41) is 2.68. The molecular weight excluding hydrogens is 372 g/mol. The van der Waals surface area contributed by atoms with Crippen molar-refractivity contribution >= 4 is 29.2 Å². The summed E-state index contributed by atoms with van der Waals surface area (Å²) in [5.74, 6) is -3.10. The van der Waals surface area contributed by atoms with Crippen LogP contribution < -0.4 is 14.8 Å². The molecule has 0 aliphatic carbocycles. The predicted molar refractivity (Wildman–Crippen MR) is 89.8 cm³/mol. The van der Waals surface area contributed by atoms with Crippen molar-refractivity contribution in [2.45, 2.75) is 0 Å². The zero-order valence-corrected chi connectivity index (χ0v) is 14.5. The van der Waals surface area contributed by atoms with Crippen LogP contribution in [0.15, 0.2) is 30.3 Å². The monoisotopic (exact) mass is 385 g/mol. The molecule has 0 fully saturated rings. The third-order valence-corrected chi connectivity index (χ3v) is 3.53. The van der Waals surface area contributed by atoms with Crippen molar-refractivity contribution < 1.29 is 32.6 Å². The molecule has 2 aromatic carbocycles. The molecule has 2 rings (SSSR count). The van der Waals surface area contributed by atoms with E-state index in [0.29, 0.717) is 11.8 Å². The van der Waals surface area contributed by atoms with E-state index in [1.807, 2.05) is 0 Å². The summed E-state index contributed by atoms with van der Waals surface area (Å²) in [7, 11) is 2.81. The second kappa shape index (κ2) is 8.48. The molecular formula is C17H14ClF2NO5. The SMILES string of the molecule is COc1cc(OC)c(NC(=O)COC(=O)c2ccc(F)cc2F)cc1Cl. The molecule has 0 radical (unpaired) electrons. The van der Waals surface area contributed by atoms with Crippen LogP contribution in [0.1, 0.15) is 10.4 Å². The zero-order valence-electron chi connectivity index (χ0n) is 13.8. The van der Waals surface area contributed by atoms with Gasteiger partial charge >= 0.3 is 5.97 Å². The molecule has 1 amide bonds. The Balaban J connectivity index is 2.03. The van der Waals surface area contributed by atoms with Gasteiger partial charge in [-0.3, -0.25) is 4.79 Å². The fraction of sp³-hybridized carbons (Fsp3) is 0.176. The Morgan fingerprint density at radius 3 is 2.38 bits per heavy atom. The predicted octanol–water partition coefficient (Wildman–Crippen LogP) is 3.43. The van der Waals surface area contributed by atoms with E-state index in [0.717, 1.165) is 12.1 Å². The van der Waals surface area contributed by atoms with Crippen LogP contribution in [0.5, 0.6) is 11.5 Å². The van der Waals surface area contributed by atoms with Crippen LogP contribution in [0.2, 0.25) is 5.02 Å². The number of esters is 1. The minimum atomic E-state index is -1.10. The molecule has 26 heavy (non-hydrogen) atoms. The Morgan fingerprint density at radius 1 is 1.08 bits per heavy atom. The Hall–Kier alpha value is -2.87. The van der Waals surface area contributed by atoms with Gasteiger partial charge in [-0.25, -0.2) is 13.6 Å². The number of rotatable bonds is 6. The number of methoxy groups -OCH3 is 2. The number of anilines is 1. The average Bonchev–Trinajstić information content (AvgIpc) is 2.60. The van der Waals surface area contributed by atoms with Crippen LogP contribution >= 0.6 is 11.6 Å². The van der Waals surface area contributed by atoms with Crippen LogP contribution in [0.4, 0.5) is 14.5 Å². The maximum absolute atomic E-state index is 13.5. The van der Waals surface area contributed by atoms with Gasteiger partial charge in [0.05, 0.1) is 30.5 Å². The molecule has 0 saturated carbocycles. The number of halogens is 3. The first kappa shape index (κ1) is 19.5. The number of hydrogen-bond acceptors (Lipinski definition) is 5. The molecule has 9 heteroatoms. The minimum absolute atomic E-state index is 0.229. The summed E-state index contributed by atoms with van der Waals surface area (Å²) in [4.78, 5) is 23.7. The molecule has 1 N–H and O–H groups in total. The van der Waals surface area contributed by atoms with E-state index in [4.69, 9.17) is 25.8 Å². The highest BCUT2D eigenvalue weighted by Gasteiger charge is 2.17. The molecule has 0 aliphatic heterocycles. The van der Waals surface area contributed by atoms with Gasteiger partial charge in [0.2, 0.25) is 0 Å². The highest BCUT2D eigenvalue weighted by atomic mass is 35.5. The topological polar surface area (TPSA) is 73.9 Å². The van der Waals surface area contributed by atoms with Crippen molar-refractivity contribution in [3.05, 3.63) is 52.6 Å². The fourth-order valence-electron chi connectivity index (χ4n) is 2.01. The fourth-order valence-corrected chi connectivity index (χ4v) is 2.25. The molecule has 0 saturated heterocycles. The van der Waals surface area contributed by atoms with Crippen LogP contribution in [0, 0.1) is 11.6 Å². The zero-order chi connectivity index (χ0) is 19.3. The summed E-state index contributed by atoms with van der Waals surface area (Å²) >= 11 is 5.99. The minimum Gasteiger partial charge on any atom is -0.495 e. The summed E-state index contributed by atoms with van der Waals surface area (Å²) in [6.45, 7) is -0.692. The van der Waals surface area contributed by atoms with Crippen molar-refractivity contribution in [2.75, 3.05) is 26.1 Å². The number of amides is 1. The lowest BCUT2D eigenvalue weighted by Crippen LogP contribution is -2.21. The van der Waals surface area contributed by atoms with Gasteiger partial charge in [0, 0.05) is 12.1 Å². The number of hydrogen-bond donors (Lipinski definition) is 1. The lowest BCUT2D eigenvalue weighted by atomic mass is 10.2. The largest absolute Gasteiger partial charge is 0.495 e. The molecule has 2 aromatic rings. The normalized spacial score (nSPS) is 10.2. The van der Waals surface area contributed by atoms with Crippen LogP contribution in [-0.4, -0.2) is 32.7 Å². The molecule has 0 spiro atoms. The summed E-state index contributed by atoms with van der Waals surface area (Å²) in [6.07, 6.45) is 0. The second-order valence-corrected chi connectivity index (χ2v) is 5.34. The van der Waals surface area contributed by atoms with Gasteiger partial charge in [0.1, 0.15) is 23.1 Å². The standard InChI is InChI=1S/C17H14ClF2NO5/c1-24-14-7-15(25-2)13(6-11(14)18)21-16(22)8-26-17(23)10-4-3-9(19)5-12(10)20/h3-7H,8H2,1-2H3,(H,21,22). The van der Waals surface area contributed by atoms with Crippen LogP contribution in [-0.2, 0) is 9.53 Å². The Bertz CT molecular complexity index is 844. The van der Waals surface area contributed by atoms with Gasteiger partial charge in [0.15, 0.2) is 6.61 Å². The van der Waals surface area contributed by atoms with E-state index in [1.54, 1.807) is 0 Å². The second-order valence-electron chi connectivity index (χ2n) is 4.94. The number of nitrogens with one attached hydrogen (secondary N) is 1. The first-order valence-electron chi connectivity index (χ1n) is 7.19. The van der Waals surface area contributed by atoms with E-state index in [2.05, 4.69) is 5.32 Å². The molecule has 0 atom stereocenters. The van der Waals surface area contributed by atoms with Gasteiger partial charge in [-0.1, -0.05) is 11.6 Å². The number of benzene rings is 2. The van der Waals surface area contributed by atoms with Gasteiger partial charge in [-0.2, -0.15) is 0 Å². The van der Waals surface area contributed by atoms with E-state index in [9.17, 15) is 18.4 Å². The van der Waals surface area contributed by atoms with Gasteiger partial charge in [0.25, 0.3) is 5.91 Å². The maximum Gasteiger partial charge on any atom is 0.341 e. The van der Waals surface area contributed by atoms with Gasteiger partial charge < -0.3 is 19.5 Å². The van der Waals surface area contributed by atoms with E-state index in [-0.39, 0.29) is 16.5 Å². The molecule has 138 valence electrons. The van der Waals surface area contributed by atoms with E-state index >= 15 is 0 Å². The molecule has 0 unspecified atom stereocenters. The molecule has 0 aromatic heterocycles. The highest BCUT2D eigenvalue weighted by molar-refractivity contribution is 6.32. The Labute approximate surface area is 152 Å². The summed E-state index contributed by atoms with van der Waals surface area (Å²) in [5.41, 5.74) is -0.253. The lowest BCUT2D eigenvalue weighted by Gasteiger charge is -2.13. The third-order valence-electron chi connectivity index (χ3n) is 3.23. The van der Waals surface area contributed by atoms with Crippen molar-refractivity contribution in [1.29, 1.82) is 0 Å². The Morgan fingerprint density at radius 2 is 1.77 bits per heavy atom. The maximum atomic E-state index is 13.5. The van der Waals surface area contributed by atoms with Crippen molar-refractivity contribution in [2.24, 2.45) is 0 Å². The van der Waals surface area contributed by atoms with E-state index < -0.39 is 35.7 Å².